The minimum absolute atomic E-state index is 0.00175. The molecule has 1 aliphatic carbocycles. The van der Waals surface area contributed by atoms with Crippen LogP contribution in [0.3, 0.4) is 0 Å². The molecule has 3 aliphatic rings. The van der Waals surface area contributed by atoms with Gasteiger partial charge in [0, 0.05) is 59.7 Å². The van der Waals surface area contributed by atoms with Crippen molar-refractivity contribution in [3.8, 4) is 17.3 Å². The van der Waals surface area contributed by atoms with Gasteiger partial charge in [-0.25, -0.2) is 9.97 Å². The van der Waals surface area contributed by atoms with Crippen LogP contribution < -0.4 is 16.2 Å². The summed E-state index contributed by atoms with van der Waals surface area (Å²) in [7, 11) is 1.63. The Morgan fingerprint density at radius 3 is 2.59 bits per heavy atom. The summed E-state index contributed by atoms with van der Waals surface area (Å²) in [6.45, 7) is 4.87. The highest BCUT2D eigenvalue weighted by Gasteiger charge is 2.47. The molecule has 6 heterocycles. The third kappa shape index (κ3) is 4.27. The van der Waals surface area contributed by atoms with E-state index in [0.717, 1.165) is 59.6 Å². The number of ether oxygens (including phenoxy) is 1. The Labute approximate surface area is 238 Å². The largest absolute Gasteiger partial charge is 0.482 e. The number of hydrogen-bond acceptors (Lipinski definition) is 6. The van der Waals surface area contributed by atoms with Crippen LogP contribution in [-0.2, 0) is 11.3 Å². The summed E-state index contributed by atoms with van der Waals surface area (Å²) in [4.78, 5) is 37.4. The van der Waals surface area contributed by atoms with Gasteiger partial charge in [0.25, 0.3) is 5.91 Å². The molecule has 7 rings (SSSR count). The van der Waals surface area contributed by atoms with Crippen molar-refractivity contribution in [2.75, 3.05) is 7.11 Å². The van der Waals surface area contributed by atoms with Gasteiger partial charge >= 0.3 is 0 Å². The molecule has 10 heteroatoms. The number of aromatic nitrogens is 4. The molecular formula is C31H37N7O3. The first-order valence-corrected chi connectivity index (χ1v) is 14.7. The minimum atomic E-state index is -0.333. The number of primary amides is 1. The first-order chi connectivity index (χ1) is 19.7. The number of nitrogens with two attached hydrogens (primary N) is 2. The highest BCUT2D eigenvalue weighted by molar-refractivity contribution is 5.96. The zero-order chi connectivity index (χ0) is 28.6. The van der Waals surface area contributed by atoms with E-state index in [1.807, 2.05) is 41.3 Å². The predicted octanol–water partition coefficient (Wildman–Crippen LogP) is 3.76. The molecular weight excluding hydrogens is 518 g/mol. The highest BCUT2D eigenvalue weighted by atomic mass is 16.5. The lowest BCUT2D eigenvalue weighted by Crippen LogP contribution is -2.40. The molecule has 4 aromatic rings. The smallest absolute Gasteiger partial charge is 0.254 e. The van der Waals surface area contributed by atoms with Crippen LogP contribution in [0.2, 0.25) is 0 Å². The van der Waals surface area contributed by atoms with Gasteiger partial charge in [0.2, 0.25) is 5.91 Å². The van der Waals surface area contributed by atoms with Crippen LogP contribution in [0.1, 0.15) is 73.1 Å². The molecule has 0 spiro atoms. The molecule has 2 saturated heterocycles. The fourth-order valence-corrected chi connectivity index (χ4v) is 7.06. The molecule has 2 aliphatic heterocycles. The van der Waals surface area contributed by atoms with E-state index >= 15 is 0 Å². The molecule has 4 aromatic heterocycles. The van der Waals surface area contributed by atoms with Crippen molar-refractivity contribution in [3.05, 3.63) is 47.3 Å². The second kappa shape index (κ2) is 9.58. The van der Waals surface area contributed by atoms with Crippen LogP contribution in [-0.4, -0.2) is 60.9 Å². The summed E-state index contributed by atoms with van der Waals surface area (Å²) in [6.07, 6.45) is 5.49. The number of pyridine rings is 2. The van der Waals surface area contributed by atoms with Crippen LogP contribution >= 0.6 is 0 Å². The number of amides is 2. The summed E-state index contributed by atoms with van der Waals surface area (Å²) in [5.41, 5.74) is 17.5. The average molecular weight is 556 g/mol. The third-order valence-electron chi connectivity index (χ3n) is 9.35. The van der Waals surface area contributed by atoms with Crippen molar-refractivity contribution in [3.63, 3.8) is 0 Å². The molecule has 0 aromatic carbocycles. The lowest BCUT2D eigenvalue weighted by Gasteiger charge is -2.23. The van der Waals surface area contributed by atoms with Crippen molar-refractivity contribution >= 4 is 28.5 Å². The van der Waals surface area contributed by atoms with Gasteiger partial charge in [0.05, 0.1) is 18.5 Å². The van der Waals surface area contributed by atoms with E-state index in [1.165, 1.54) is 12.8 Å². The number of imidazole rings is 1. The first-order valence-electron chi connectivity index (χ1n) is 14.7. The zero-order valence-corrected chi connectivity index (χ0v) is 23.8. The number of aryl methyl sites for hydroxylation is 1. The molecule has 41 heavy (non-hydrogen) atoms. The Balaban J connectivity index is 1.33. The van der Waals surface area contributed by atoms with E-state index in [-0.39, 0.29) is 42.3 Å². The Bertz CT molecular complexity index is 1700. The molecule has 2 amide bonds. The third-order valence-corrected chi connectivity index (χ3v) is 9.35. The fraction of sp³-hybridized carbons (Fsp3) is 0.484. The van der Waals surface area contributed by atoms with E-state index in [1.54, 1.807) is 7.11 Å². The fourth-order valence-electron chi connectivity index (χ4n) is 7.06. The summed E-state index contributed by atoms with van der Waals surface area (Å²) < 4.78 is 10.1. The molecule has 4 N–H and O–H groups in total. The first kappa shape index (κ1) is 26.0. The van der Waals surface area contributed by atoms with Gasteiger partial charge in [0.1, 0.15) is 17.0 Å². The molecule has 1 saturated carbocycles. The van der Waals surface area contributed by atoms with Crippen LogP contribution in [0, 0.1) is 12.8 Å². The van der Waals surface area contributed by atoms with Crippen molar-refractivity contribution in [2.45, 2.75) is 83.0 Å². The maximum atomic E-state index is 13.7. The van der Waals surface area contributed by atoms with Gasteiger partial charge < -0.3 is 25.7 Å². The zero-order valence-electron chi connectivity index (χ0n) is 23.8. The number of fused-ring (bicyclic) bond motifs is 4. The number of methoxy groups -OCH3 is 1. The number of hydrogen-bond donors (Lipinski definition) is 2. The lowest BCUT2D eigenvalue weighted by atomic mass is 9.97. The van der Waals surface area contributed by atoms with Crippen molar-refractivity contribution in [1.82, 2.24) is 23.8 Å². The van der Waals surface area contributed by atoms with E-state index in [4.69, 9.17) is 26.2 Å². The monoisotopic (exact) mass is 555 g/mol. The Hall–Kier alpha value is -3.92. The van der Waals surface area contributed by atoms with E-state index in [2.05, 4.69) is 16.7 Å². The topological polar surface area (TPSA) is 134 Å². The molecule has 3 fully saturated rings. The number of carbonyl (C=O) groups excluding carboxylic acids is 2. The van der Waals surface area contributed by atoms with Gasteiger partial charge in [0.15, 0.2) is 5.88 Å². The second-order valence-corrected chi connectivity index (χ2v) is 12.2. The molecule has 2 bridgehead atoms. The van der Waals surface area contributed by atoms with Crippen molar-refractivity contribution < 1.29 is 14.3 Å². The lowest BCUT2D eigenvalue weighted by molar-refractivity contribution is -0.118. The van der Waals surface area contributed by atoms with Gasteiger partial charge in [-0.05, 0) is 69.2 Å². The van der Waals surface area contributed by atoms with Crippen molar-refractivity contribution in [2.24, 2.45) is 17.4 Å². The molecule has 10 nitrogen and oxygen atoms in total. The summed E-state index contributed by atoms with van der Waals surface area (Å²) >= 11 is 0. The average Bonchev–Trinajstić information content (AvgIpc) is 3.27. The Morgan fingerprint density at radius 2 is 1.93 bits per heavy atom. The summed E-state index contributed by atoms with van der Waals surface area (Å²) in [5, 5.41) is 1.02. The molecule has 214 valence electrons. The van der Waals surface area contributed by atoms with Gasteiger partial charge in [-0.1, -0.05) is 6.92 Å². The number of rotatable bonds is 8. The SMILES string of the molecule is COc1cc(C(=O)N2[C@H]3CC[C@@H]2[C@H](N)C3)cc2nc(-c3cc4ccc(C(C)CC(N)=O)nc4n3CC3CC3)c(C)n12. The predicted molar refractivity (Wildman–Crippen MR) is 156 cm³/mol. The van der Waals surface area contributed by atoms with Crippen LogP contribution in [0.5, 0.6) is 5.88 Å². The molecule has 1 unspecified atom stereocenters. The summed E-state index contributed by atoms with van der Waals surface area (Å²) in [5.74, 6) is 0.778. The molecule has 0 radical (unpaired) electrons. The van der Waals surface area contributed by atoms with Crippen LogP contribution in [0.4, 0.5) is 0 Å². The van der Waals surface area contributed by atoms with E-state index in [0.29, 0.717) is 23.0 Å². The van der Waals surface area contributed by atoms with Crippen molar-refractivity contribution in [1.29, 1.82) is 0 Å². The van der Waals surface area contributed by atoms with Crippen LogP contribution in [0.15, 0.2) is 30.3 Å². The highest BCUT2D eigenvalue weighted by Crippen LogP contribution is 2.40. The number of carbonyl (C=O) groups is 2. The second-order valence-electron chi connectivity index (χ2n) is 12.2. The maximum Gasteiger partial charge on any atom is 0.254 e. The van der Waals surface area contributed by atoms with Gasteiger partial charge in [-0.15, -0.1) is 0 Å². The van der Waals surface area contributed by atoms with E-state index < -0.39 is 0 Å². The standard InChI is InChI=1S/C31H37N7O3/c1-16(10-26(33)39)23-8-6-19-11-25(36(30(19)34-23)15-18-4-5-18)29-17(2)37-27(35-29)12-20(13-28(37)41-3)31(40)38-21-7-9-24(38)22(32)14-21/h6,8,11-13,16,18,21-22,24H,4-5,7,9-10,14-15,32H2,1-3H3,(H2,33,39)/t16?,21-,22+,24+/m0/s1. The maximum absolute atomic E-state index is 13.7. The van der Waals surface area contributed by atoms with Crippen LogP contribution in [0.25, 0.3) is 28.1 Å². The molecule has 4 atom stereocenters. The van der Waals surface area contributed by atoms with Gasteiger partial charge in [-0.3, -0.25) is 14.0 Å². The Kier molecular flexibility index (Phi) is 6.08. The minimum Gasteiger partial charge on any atom is -0.482 e. The van der Waals surface area contributed by atoms with Gasteiger partial charge in [-0.2, -0.15) is 0 Å². The van der Waals surface area contributed by atoms with E-state index in [9.17, 15) is 9.59 Å². The quantitative estimate of drug-likeness (QED) is 0.340. The Morgan fingerprint density at radius 1 is 1.12 bits per heavy atom. The number of nitrogens with zero attached hydrogens (tertiary/aromatic N) is 5. The normalized spacial score (nSPS) is 22.6. The summed E-state index contributed by atoms with van der Waals surface area (Å²) in [6, 6.07) is 10.3.